The van der Waals surface area contributed by atoms with Gasteiger partial charge in [-0.1, -0.05) is 24.4 Å². The monoisotopic (exact) mass is 295 g/mol. The molecule has 0 saturated heterocycles. The molecule has 1 aliphatic carbocycles. The van der Waals surface area contributed by atoms with Gasteiger partial charge in [-0.05, 0) is 42.2 Å². The molecule has 4 N–H and O–H groups in total. The van der Waals surface area contributed by atoms with E-state index < -0.39 is 5.41 Å². The van der Waals surface area contributed by atoms with E-state index in [4.69, 9.17) is 10.9 Å². The minimum atomic E-state index is -0.850. The first-order valence-corrected chi connectivity index (χ1v) is 7.85. The van der Waals surface area contributed by atoms with E-state index in [1.54, 1.807) is 11.3 Å². The topological polar surface area (TPSA) is 87.7 Å². The van der Waals surface area contributed by atoms with Crippen LogP contribution >= 0.6 is 11.3 Å². The van der Waals surface area contributed by atoms with Crippen LogP contribution in [-0.4, -0.2) is 17.0 Å². The first kappa shape index (κ1) is 14.8. The maximum Gasteiger partial charge on any atom is 0.234 e. The molecule has 1 aliphatic rings. The summed E-state index contributed by atoms with van der Waals surface area (Å²) in [5.41, 5.74) is 6.05. The van der Waals surface area contributed by atoms with Gasteiger partial charge in [0.2, 0.25) is 5.91 Å². The second-order valence-electron chi connectivity index (χ2n) is 5.38. The van der Waals surface area contributed by atoms with Crippen molar-refractivity contribution in [3.63, 3.8) is 0 Å². The highest BCUT2D eigenvalue weighted by Crippen LogP contribution is 2.37. The second-order valence-corrected chi connectivity index (χ2v) is 6.16. The second kappa shape index (κ2) is 6.26. The number of carbonyl (C=O) groups excluding carboxylic acids is 1. The molecule has 110 valence electrons. The van der Waals surface area contributed by atoms with Crippen LogP contribution in [0.4, 0.5) is 0 Å². The maximum atomic E-state index is 12.6. The van der Waals surface area contributed by atoms with Crippen molar-refractivity contribution in [2.24, 2.45) is 16.3 Å². The van der Waals surface area contributed by atoms with Gasteiger partial charge in [-0.15, -0.1) is 0 Å². The van der Waals surface area contributed by atoms with Crippen LogP contribution in [0.1, 0.15) is 50.6 Å². The van der Waals surface area contributed by atoms with E-state index in [2.05, 4.69) is 10.5 Å². The number of thiophene rings is 1. The van der Waals surface area contributed by atoms with Crippen LogP contribution in [0.25, 0.3) is 0 Å². The molecule has 1 fully saturated rings. The van der Waals surface area contributed by atoms with Gasteiger partial charge in [-0.3, -0.25) is 4.79 Å². The van der Waals surface area contributed by atoms with Gasteiger partial charge < -0.3 is 16.3 Å². The predicted octanol–water partition coefficient (Wildman–Crippen LogP) is 2.62. The SMILES string of the molecule is CC(NC(=O)C1(C(N)=NO)CCCCC1)c1ccsc1. The number of hydrogen-bond acceptors (Lipinski definition) is 4. The highest BCUT2D eigenvalue weighted by Gasteiger charge is 2.44. The molecule has 20 heavy (non-hydrogen) atoms. The average molecular weight is 295 g/mol. The standard InChI is InChI=1S/C14H21N3O2S/c1-10(11-5-8-20-9-11)16-13(18)14(12(15)17-19)6-3-2-4-7-14/h5,8-10,19H,2-4,6-7H2,1H3,(H2,15,17)(H,16,18). The van der Waals surface area contributed by atoms with Crippen molar-refractivity contribution in [3.8, 4) is 0 Å². The molecule has 5 nitrogen and oxygen atoms in total. The molecule has 0 aromatic carbocycles. The van der Waals surface area contributed by atoms with Crippen molar-refractivity contribution < 1.29 is 10.0 Å². The minimum absolute atomic E-state index is 0.0345. The fraction of sp³-hybridized carbons (Fsp3) is 0.571. The van der Waals surface area contributed by atoms with E-state index in [1.165, 1.54) is 0 Å². The number of oxime groups is 1. The Morgan fingerprint density at radius 2 is 2.20 bits per heavy atom. The summed E-state index contributed by atoms with van der Waals surface area (Å²) in [6.07, 6.45) is 4.23. The number of rotatable bonds is 4. The van der Waals surface area contributed by atoms with Crippen LogP contribution < -0.4 is 11.1 Å². The third kappa shape index (κ3) is 2.80. The fourth-order valence-corrected chi connectivity index (χ4v) is 3.54. The normalized spacial score (nSPS) is 20.4. The Kier molecular flexibility index (Phi) is 4.65. The molecule has 1 saturated carbocycles. The molecule has 1 amide bonds. The average Bonchev–Trinajstić information content (AvgIpc) is 3.01. The number of amides is 1. The number of hydrogen-bond donors (Lipinski definition) is 3. The van der Waals surface area contributed by atoms with E-state index >= 15 is 0 Å². The molecule has 0 spiro atoms. The zero-order chi connectivity index (χ0) is 14.6. The van der Waals surface area contributed by atoms with E-state index in [-0.39, 0.29) is 17.8 Å². The molecule has 1 atom stereocenters. The lowest BCUT2D eigenvalue weighted by Crippen LogP contribution is -2.51. The van der Waals surface area contributed by atoms with Crippen molar-refractivity contribution in [2.75, 3.05) is 0 Å². The van der Waals surface area contributed by atoms with Crippen molar-refractivity contribution in [3.05, 3.63) is 22.4 Å². The molecule has 2 rings (SSSR count). The molecule has 0 bridgehead atoms. The van der Waals surface area contributed by atoms with E-state index in [1.807, 2.05) is 23.8 Å². The van der Waals surface area contributed by atoms with Gasteiger partial charge in [-0.25, -0.2) is 0 Å². The highest BCUT2D eigenvalue weighted by molar-refractivity contribution is 7.07. The number of nitrogens with two attached hydrogens (primary N) is 1. The summed E-state index contributed by atoms with van der Waals surface area (Å²) in [5.74, 6) is -0.0987. The van der Waals surface area contributed by atoms with Gasteiger partial charge >= 0.3 is 0 Å². The molecule has 6 heteroatoms. The molecule has 1 unspecified atom stereocenters. The highest BCUT2D eigenvalue weighted by atomic mass is 32.1. The summed E-state index contributed by atoms with van der Waals surface area (Å²) in [7, 11) is 0. The summed E-state index contributed by atoms with van der Waals surface area (Å²) < 4.78 is 0. The summed E-state index contributed by atoms with van der Waals surface area (Å²) in [6, 6.07) is 1.92. The van der Waals surface area contributed by atoms with Crippen LogP contribution in [0.5, 0.6) is 0 Å². The van der Waals surface area contributed by atoms with Crippen LogP contribution in [0.2, 0.25) is 0 Å². The maximum absolute atomic E-state index is 12.6. The zero-order valence-electron chi connectivity index (χ0n) is 11.6. The predicted molar refractivity (Wildman–Crippen MR) is 79.8 cm³/mol. The Balaban J connectivity index is 2.15. The summed E-state index contributed by atoms with van der Waals surface area (Å²) in [6.45, 7) is 1.95. The van der Waals surface area contributed by atoms with Crippen molar-refractivity contribution in [2.45, 2.75) is 45.1 Å². The van der Waals surface area contributed by atoms with Gasteiger partial charge in [0, 0.05) is 0 Å². The number of carbonyl (C=O) groups is 1. The lowest BCUT2D eigenvalue weighted by Gasteiger charge is -2.35. The van der Waals surface area contributed by atoms with Gasteiger partial charge in [0.25, 0.3) is 0 Å². The smallest absolute Gasteiger partial charge is 0.234 e. The third-order valence-corrected chi connectivity index (χ3v) is 4.83. The molecular formula is C14H21N3O2S. The fourth-order valence-electron chi connectivity index (χ4n) is 2.79. The Morgan fingerprint density at radius 1 is 1.50 bits per heavy atom. The third-order valence-electron chi connectivity index (χ3n) is 4.13. The van der Waals surface area contributed by atoms with Crippen LogP contribution in [-0.2, 0) is 4.79 Å². The molecular weight excluding hydrogens is 274 g/mol. The van der Waals surface area contributed by atoms with Gasteiger partial charge in [0.05, 0.1) is 6.04 Å². The van der Waals surface area contributed by atoms with Gasteiger partial charge in [0.1, 0.15) is 5.41 Å². The van der Waals surface area contributed by atoms with Crippen LogP contribution in [0.15, 0.2) is 22.0 Å². The number of amidine groups is 1. The van der Waals surface area contributed by atoms with Crippen molar-refractivity contribution >= 4 is 23.1 Å². The summed E-state index contributed by atoms with van der Waals surface area (Å²) in [5, 5.41) is 19.1. The Labute approximate surface area is 122 Å². The van der Waals surface area contributed by atoms with Crippen molar-refractivity contribution in [1.82, 2.24) is 5.32 Å². The first-order chi connectivity index (χ1) is 9.60. The molecule has 1 aromatic rings. The number of nitrogens with zero attached hydrogens (tertiary/aromatic N) is 1. The van der Waals surface area contributed by atoms with E-state index in [0.29, 0.717) is 12.8 Å². The summed E-state index contributed by atoms with van der Waals surface area (Å²) in [4.78, 5) is 12.6. The molecule has 0 aliphatic heterocycles. The molecule has 1 aromatic heterocycles. The first-order valence-electron chi connectivity index (χ1n) is 6.91. The lowest BCUT2D eigenvalue weighted by molar-refractivity contribution is -0.129. The minimum Gasteiger partial charge on any atom is -0.409 e. The van der Waals surface area contributed by atoms with Crippen molar-refractivity contribution in [1.29, 1.82) is 0 Å². The quantitative estimate of drug-likeness (QED) is 0.345. The largest absolute Gasteiger partial charge is 0.409 e. The van der Waals surface area contributed by atoms with Gasteiger partial charge in [0.15, 0.2) is 5.84 Å². The van der Waals surface area contributed by atoms with E-state index in [0.717, 1.165) is 24.8 Å². The Bertz CT molecular complexity index is 479. The molecule has 1 heterocycles. The van der Waals surface area contributed by atoms with E-state index in [9.17, 15) is 4.79 Å². The lowest BCUT2D eigenvalue weighted by atomic mass is 9.72. The Hall–Kier alpha value is -1.56. The number of nitrogens with one attached hydrogen (secondary N) is 1. The van der Waals surface area contributed by atoms with Crippen LogP contribution in [0, 0.1) is 5.41 Å². The Morgan fingerprint density at radius 3 is 2.75 bits per heavy atom. The van der Waals surface area contributed by atoms with Crippen LogP contribution in [0.3, 0.4) is 0 Å². The zero-order valence-corrected chi connectivity index (χ0v) is 12.4. The molecule has 0 radical (unpaired) electrons. The van der Waals surface area contributed by atoms with Gasteiger partial charge in [-0.2, -0.15) is 11.3 Å². The summed E-state index contributed by atoms with van der Waals surface area (Å²) >= 11 is 1.60.